The summed E-state index contributed by atoms with van der Waals surface area (Å²) in [4.78, 5) is 22.5. The molecular formula is C18H21N3O2. The highest BCUT2D eigenvalue weighted by molar-refractivity contribution is 5.77. The third-order valence-electron chi connectivity index (χ3n) is 5.82. The molecule has 1 aromatic heterocycles. The van der Waals surface area contributed by atoms with Gasteiger partial charge in [0.1, 0.15) is 5.82 Å². The molecule has 3 fully saturated rings. The molecule has 5 heteroatoms. The third-order valence-corrected chi connectivity index (χ3v) is 5.82. The smallest absolute Gasteiger partial charge is 0.223 e. The molecule has 2 aromatic rings. The molecule has 1 N–H and O–H groups in total. The number of fused-ring (bicyclic) bond motifs is 6. The van der Waals surface area contributed by atoms with Crippen molar-refractivity contribution >= 4 is 16.9 Å². The van der Waals surface area contributed by atoms with Crippen LogP contribution < -0.4 is 0 Å². The Hall–Kier alpha value is -1.88. The van der Waals surface area contributed by atoms with Gasteiger partial charge in [-0.25, -0.2) is 4.98 Å². The van der Waals surface area contributed by atoms with Crippen LogP contribution in [0.4, 0.5) is 0 Å². The van der Waals surface area contributed by atoms with E-state index in [9.17, 15) is 4.79 Å². The largest absolute Gasteiger partial charge is 0.374 e. The Bertz CT molecular complexity index is 705. The number of nitrogens with one attached hydrogen (secondary N) is 1. The van der Waals surface area contributed by atoms with Crippen LogP contribution in [0.2, 0.25) is 0 Å². The van der Waals surface area contributed by atoms with Gasteiger partial charge in [0.2, 0.25) is 5.91 Å². The number of aryl methyl sites for hydroxylation is 1. The Balaban J connectivity index is 1.22. The van der Waals surface area contributed by atoms with Crippen LogP contribution in [0.1, 0.15) is 25.1 Å². The lowest BCUT2D eigenvalue weighted by molar-refractivity contribution is -0.130. The number of amides is 1. The summed E-state index contributed by atoms with van der Waals surface area (Å²) in [6.07, 6.45) is 4.43. The highest BCUT2D eigenvalue weighted by atomic mass is 16.5. The Morgan fingerprint density at radius 3 is 2.70 bits per heavy atom. The number of aromatic amines is 1. The molecule has 5 rings (SSSR count). The molecule has 120 valence electrons. The molecule has 0 aliphatic carbocycles. The first kappa shape index (κ1) is 13.5. The second kappa shape index (κ2) is 5.06. The first-order valence-corrected chi connectivity index (χ1v) is 8.65. The number of likely N-dealkylation sites (tertiary alicyclic amines) is 1. The van der Waals surface area contributed by atoms with E-state index in [-0.39, 0.29) is 5.91 Å². The van der Waals surface area contributed by atoms with Gasteiger partial charge in [0, 0.05) is 37.8 Å². The number of rotatable bonds is 3. The molecule has 3 saturated heterocycles. The summed E-state index contributed by atoms with van der Waals surface area (Å²) >= 11 is 0. The number of hydrogen-bond donors (Lipinski definition) is 1. The fraction of sp³-hybridized carbons (Fsp3) is 0.556. The molecule has 3 aliphatic rings. The molecule has 0 spiro atoms. The van der Waals surface area contributed by atoms with Crippen molar-refractivity contribution in [3.8, 4) is 0 Å². The zero-order chi connectivity index (χ0) is 15.4. The molecule has 1 aromatic carbocycles. The summed E-state index contributed by atoms with van der Waals surface area (Å²) in [6, 6.07) is 7.99. The molecule has 2 bridgehead atoms. The molecule has 3 aliphatic heterocycles. The highest BCUT2D eigenvalue weighted by Gasteiger charge is 2.53. The van der Waals surface area contributed by atoms with Gasteiger partial charge in [-0.05, 0) is 25.0 Å². The van der Waals surface area contributed by atoms with Crippen LogP contribution in [0.3, 0.4) is 0 Å². The van der Waals surface area contributed by atoms with Crippen LogP contribution in [0.25, 0.3) is 11.0 Å². The van der Waals surface area contributed by atoms with Gasteiger partial charge in [-0.2, -0.15) is 0 Å². The second-order valence-electron chi connectivity index (χ2n) is 7.12. The maximum atomic E-state index is 12.5. The van der Waals surface area contributed by atoms with Crippen molar-refractivity contribution in [1.29, 1.82) is 0 Å². The second-order valence-corrected chi connectivity index (χ2v) is 7.12. The number of hydrogen-bond acceptors (Lipinski definition) is 3. The molecule has 0 saturated carbocycles. The normalized spacial score (nSPS) is 31.9. The lowest BCUT2D eigenvalue weighted by Gasteiger charge is -2.18. The minimum atomic E-state index is 0.263. The van der Waals surface area contributed by atoms with Crippen LogP contribution >= 0.6 is 0 Å². The first-order valence-electron chi connectivity index (χ1n) is 8.65. The molecule has 5 nitrogen and oxygen atoms in total. The molecule has 0 radical (unpaired) electrons. The van der Waals surface area contributed by atoms with Crippen molar-refractivity contribution < 1.29 is 9.53 Å². The van der Waals surface area contributed by atoms with Crippen LogP contribution in [0.15, 0.2) is 24.3 Å². The van der Waals surface area contributed by atoms with E-state index in [1.807, 2.05) is 24.3 Å². The average Bonchev–Trinajstić information content (AvgIpc) is 3.32. The number of nitrogens with zero attached hydrogens (tertiary/aromatic N) is 2. The predicted octanol–water partition coefficient (Wildman–Crippen LogP) is 2.13. The number of benzene rings is 1. The zero-order valence-corrected chi connectivity index (χ0v) is 13.1. The molecule has 23 heavy (non-hydrogen) atoms. The van der Waals surface area contributed by atoms with E-state index in [0.717, 1.165) is 29.9 Å². The Labute approximate surface area is 135 Å². The lowest BCUT2D eigenvalue weighted by Crippen LogP contribution is -2.31. The summed E-state index contributed by atoms with van der Waals surface area (Å²) in [5.74, 6) is 2.34. The molecular weight excluding hydrogens is 290 g/mol. The fourth-order valence-electron chi connectivity index (χ4n) is 4.67. The Morgan fingerprint density at radius 2 is 1.96 bits per heavy atom. The van der Waals surface area contributed by atoms with E-state index in [1.165, 1.54) is 12.8 Å². The zero-order valence-electron chi connectivity index (χ0n) is 13.1. The van der Waals surface area contributed by atoms with E-state index in [2.05, 4.69) is 14.9 Å². The van der Waals surface area contributed by atoms with E-state index < -0.39 is 0 Å². The summed E-state index contributed by atoms with van der Waals surface area (Å²) in [6.45, 7) is 1.79. The minimum Gasteiger partial charge on any atom is -0.374 e. The van der Waals surface area contributed by atoms with Gasteiger partial charge in [0.05, 0.1) is 23.2 Å². The van der Waals surface area contributed by atoms with Crippen molar-refractivity contribution in [2.24, 2.45) is 11.8 Å². The maximum Gasteiger partial charge on any atom is 0.223 e. The number of para-hydroxylation sites is 2. The van der Waals surface area contributed by atoms with Crippen LogP contribution in [-0.2, 0) is 16.0 Å². The highest BCUT2D eigenvalue weighted by Crippen LogP contribution is 2.47. The van der Waals surface area contributed by atoms with Gasteiger partial charge in [-0.1, -0.05) is 12.1 Å². The van der Waals surface area contributed by atoms with Crippen LogP contribution in [-0.4, -0.2) is 46.1 Å². The van der Waals surface area contributed by atoms with Crippen LogP contribution in [0.5, 0.6) is 0 Å². The third kappa shape index (κ3) is 2.17. The van der Waals surface area contributed by atoms with Gasteiger partial charge >= 0.3 is 0 Å². The van der Waals surface area contributed by atoms with E-state index in [1.54, 1.807) is 0 Å². The molecule has 4 heterocycles. The summed E-state index contributed by atoms with van der Waals surface area (Å²) < 4.78 is 5.98. The van der Waals surface area contributed by atoms with Gasteiger partial charge in [0.15, 0.2) is 0 Å². The number of imidazole rings is 1. The van der Waals surface area contributed by atoms with E-state index in [0.29, 0.717) is 36.9 Å². The van der Waals surface area contributed by atoms with E-state index >= 15 is 0 Å². The SMILES string of the molecule is O=C(CCc1nc2ccccc2[nH]1)N1C[C@@H]2[C@H](C1)[C@H]1CC[C@@H]2O1. The fourth-order valence-corrected chi connectivity index (χ4v) is 4.67. The lowest BCUT2D eigenvalue weighted by atomic mass is 9.82. The quantitative estimate of drug-likeness (QED) is 0.945. The number of carbonyl (C=O) groups is 1. The van der Waals surface area contributed by atoms with Crippen LogP contribution in [0, 0.1) is 11.8 Å². The molecule has 4 atom stereocenters. The van der Waals surface area contributed by atoms with E-state index in [4.69, 9.17) is 4.74 Å². The van der Waals surface area contributed by atoms with Crippen molar-refractivity contribution in [3.63, 3.8) is 0 Å². The summed E-state index contributed by atoms with van der Waals surface area (Å²) in [5.41, 5.74) is 2.01. The standard InChI is InChI=1S/C18H21N3O2/c22-18(8-7-17-19-13-3-1-2-4-14(13)20-17)21-9-11-12(10-21)16-6-5-15(11)23-16/h1-4,11-12,15-16H,5-10H2,(H,19,20)/t11-,12+,15+,16-. The monoisotopic (exact) mass is 311 g/mol. The van der Waals surface area contributed by atoms with Crippen molar-refractivity contribution in [1.82, 2.24) is 14.9 Å². The number of H-pyrrole nitrogens is 1. The minimum absolute atomic E-state index is 0.263. The van der Waals surface area contributed by atoms with Gasteiger partial charge in [-0.3, -0.25) is 4.79 Å². The summed E-state index contributed by atoms with van der Waals surface area (Å²) in [7, 11) is 0. The maximum absolute atomic E-state index is 12.5. The number of aromatic nitrogens is 2. The van der Waals surface area contributed by atoms with Gasteiger partial charge in [-0.15, -0.1) is 0 Å². The Morgan fingerprint density at radius 1 is 1.22 bits per heavy atom. The number of carbonyl (C=O) groups excluding carboxylic acids is 1. The topological polar surface area (TPSA) is 58.2 Å². The van der Waals surface area contributed by atoms with Crippen molar-refractivity contribution in [3.05, 3.63) is 30.1 Å². The first-order chi connectivity index (χ1) is 11.3. The van der Waals surface area contributed by atoms with Gasteiger partial charge < -0.3 is 14.6 Å². The predicted molar refractivity (Wildman–Crippen MR) is 85.9 cm³/mol. The molecule has 0 unspecified atom stereocenters. The van der Waals surface area contributed by atoms with Crippen molar-refractivity contribution in [2.45, 2.75) is 37.9 Å². The summed E-state index contributed by atoms with van der Waals surface area (Å²) in [5, 5.41) is 0. The van der Waals surface area contributed by atoms with Crippen molar-refractivity contribution in [2.75, 3.05) is 13.1 Å². The Kier molecular flexibility index (Phi) is 2.98. The van der Waals surface area contributed by atoms with Gasteiger partial charge in [0.25, 0.3) is 0 Å². The average molecular weight is 311 g/mol. The molecule has 1 amide bonds. The number of ether oxygens (including phenoxy) is 1.